The van der Waals surface area contributed by atoms with Crippen molar-refractivity contribution in [1.29, 1.82) is 0 Å². The number of amides is 2. The highest BCUT2D eigenvalue weighted by Gasteiger charge is 2.19. The molecule has 0 spiro atoms. The molecule has 140 valence electrons. The van der Waals surface area contributed by atoms with Crippen molar-refractivity contribution in [3.05, 3.63) is 41.7 Å². The van der Waals surface area contributed by atoms with Gasteiger partial charge in [0.2, 0.25) is 0 Å². The quantitative estimate of drug-likeness (QED) is 0.762. The highest BCUT2D eigenvalue weighted by atomic mass is 32.2. The van der Waals surface area contributed by atoms with Crippen molar-refractivity contribution < 1.29 is 4.79 Å². The highest BCUT2D eigenvalue weighted by molar-refractivity contribution is 7.98. The van der Waals surface area contributed by atoms with Crippen molar-refractivity contribution in [2.75, 3.05) is 24.7 Å². The first kappa shape index (κ1) is 18.8. The van der Waals surface area contributed by atoms with Gasteiger partial charge in [-0.05, 0) is 42.5 Å². The first-order chi connectivity index (χ1) is 12.5. The third-order valence-electron chi connectivity index (χ3n) is 4.33. The van der Waals surface area contributed by atoms with Crippen LogP contribution >= 0.6 is 11.8 Å². The number of rotatable bonds is 6. The third-order valence-corrected chi connectivity index (χ3v) is 5.07. The molecule has 6 nitrogen and oxygen atoms in total. The van der Waals surface area contributed by atoms with E-state index in [4.69, 9.17) is 0 Å². The van der Waals surface area contributed by atoms with Crippen molar-refractivity contribution >= 4 is 23.5 Å². The molecule has 1 aliphatic heterocycles. The number of thioether (sulfide) groups is 1. The molecule has 2 heterocycles. The fourth-order valence-corrected chi connectivity index (χ4v) is 3.57. The molecule has 0 aliphatic carbocycles. The van der Waals surface area contributed by atoms with Crippen LogP contribution in [0.15, 0.2) is 35.2 Å². The van der Waals surface area contributed by atoms with Crippen LogP contribution in [-0.2, 0) is 19.6 Å². The van der Waals surface area contributed by atoms with Gasteiger partial charge in [0.25, 0.3) is 0 Å². The molecule has 0 bridgehead atoms. The van der Waals surface area contributed by atoms with Gasteiger partial charge in [0, 0.05) is 30.2 Å². The SMILES string of the molecule is CSc1ccc(NC(=O)NCc2cc3n(n2)CCN(CC(C)C)C3)cc1. The Bertz CT molecular complexity index is 741. The van der Waals surface area contributed by atoms with Crippen molar-refractivity contribution in [2.45, 2.75) is 38.4 Å². The molecule has 26 heavy (non-hydrogen) atoms. The summed E-state index contributed by atoms with van der Waals surface area (Å²) in [7, 11) is 0. The molecule has 2 N–H and O–H groups in total. The molecular formula is C19H27N5OS. The Morgan fingerprint density at radius 2 is 2.04 bits per heavy atom. The number of fused-ring (bicyclic) bond motifs is 1. The molecule has 0 saturated heterocycles. The van der Waals surface area contributed by atoms with Crippen LogP contribution in [0.2, 0.25) is 0 Å². The molecule has 1 aromatic heterocycles. The normalized spacial score (nSPS) is 14.3. The maximum atomic E-state index is 12.1. The predicted octanol–water partition coefficient (Wildman–Crippen LogP) is 3.40. The minimum atomic E-state index is -0.214. The summed E-state index contributed by atoms with van der Waals surface area (Å²) in [6.45, 7) is 8.90. The van der Waals surface area contributed by atoms with Gasteiger partial charge < -0.3 is 10.6 Å². The van der Waals surface area contributed by atoms with Crippen LogP contribution < -0.4 is 10.6 Å². The third kappa shape index (κ3) is 5.02. The number of carbonyl (C=O) groups excluding carboxylic acids is 1. The summed E-state index contributed by atoms with van der Waals surface area (Å²) in [5.41, 5.74) is 2.91. The highest BCUT2D eigenvalue weighted by Crippen LogP contribution is 2.17. The van der Waals surface area contributed by atoms with E-state index in [0.29, 0.717) is 12.5 Å². The smallest absolute Gasteiger partial charge is 0.319 e. The maximum Gasteiger partial charge on any atom is 0.319 e. The van der Waals surface area contributed by atoms with Crippen LogP contribution in [0.5, 0.6) is 0 Å². The zero-order valence-corrected chi connectivity index (χ0v) is 16.5. The minimum absolute atomic E-state index is 0.214. The zero-order chi connectivity index (χ0) is 18.5. The zero-order valence-electron chi connectivity index (χ0n) is 15.7. The molecule has 0 saturated carbocycles. The Balaban J connectivity index is 1.50. The Morgan fingerprint density at radius 1 is 1.27 bits per heavy atom. The number of carbonyl (C=O) groups is 1. The summed E-state index contributed by atoms with van der Waals surface area (Å²) in [6, 6.07) is 9.68. The molecule has 3 rings (SSSR count). The van der Waals surface area contributed by atoms with Crippen LogP contribution in [0.1, 0.15) is 25.2 Å². The Labute approximate surface area is 159 Å². The van der Waals surface area contributed by atoms with Crippen LogP contribution in [0.25, 0.3) is 0 Å². The molecule has 2 amide bonds. The van der Waals surface area contributed by atoms with Crippen molar-refractivity contribution in [3.8, 4) is 0 Å². The van der Waals surface area contributed by atoms with Gasteiger partial charge in [0.05, 0.1) is 24.5 Å². The number of nitrogens with one attached hydrogen (secondary N) is 2. The second-order valence-corrected chi connectivity index (χ2v) is 7.89. The molecule has 0 radical (unpaired) electrons. The number of benzene rings is 1. The second kappa shape index (κ2) is 8.60. The Hall–Kier alpha value is -1.99. The number of anilines is 1. The van der Waals surface area contributed by atoms with E-state index in [1.807, 2.05) is 30.5 Å². The van der Waals surface area contributed by atoms with Crippen LogP contribution in [0, 0.1) is 5.92 Å². The molecule has 0 fully saturated rings. The standard InChI is InChI=1S/C19H27N5OS/c1-14(2)12-23-8-9-24-17(13-23)10-16(22-24)11-20-19(25)21-15-4-6-18(26-3)7-5-15/h4-7,10,14H,8-9,11-13H2,1-3H3,(H2,20,21,25). The van der Waals surface area contributed by atoms with Crippen LogP contribution in [0.4, 0.5) is 10.5 Å². The van der Waals surface area contributed by atoms with E-state index in [1.165, 1.54) is 10.6 Å². The van der Waals surface area contributed by atoms with Crippen molar-refractivity contribution in [2.24, 2.45) is 5.92 Å². The van der Waals surface area contributed by atoms with E-state index in [9.17, 15) is 4.79 Å². The summed E-state index contributed by atoms with van der Waals surface area (Å²) < 4.78 is 2.06. The largest absolute Gasteiger partial charge is 0.332 e. The van der Waals surface area contributed by atoms with Crippen molar-refractivity contribution in [1.82, 2.24) is 20.0 Å². The fraction of sp³-hybridized carbons (Fsp3) is 0.474. The van der Waals surface area contributed by atoms with Gasteiger partial charge in [-0.2, -0.15) is 5.10 Å². The lowest BCUT2D eigenvalue weighted by atomic mass is 10.2. The van der Waals surface area contributed by atoms with E-state index in [1.54, 1.807) is 11.8 Å². The van der Waals surface area contributed by atoms with Gasteiger partial charge in [0.15, 0.2) is 0 Å². The lowest BCUT2D eigenvalue weighted by molar-refractivity contribution is 0.192. The van der Waals surface area contributed by atoms with Gasteiger partial charge in [-0.15, -0.1) is 11.8 Å². The van der Waals surface area contributed by atoms with Crippen LogP contribution in [-0.4, -0.2) is 40.1 Å². The topological polar surface area (TPSA) is 62.2 Å². The maximum absolute atomic E-state index is 12.1. The van der Waals surface area contributed by atoms with E-state index in [0.717, 1.165) is 37.6 Å². The van der Waals surface area contributed by atoms with Gasteiger partial charge in [0.1, 0.15) is 0 Å². The van der Waals surface area contributed by atoms with Gasteiger partial charge in [-0.25, -0.2) is 4.79 Å². The summed E-state index contributed by atoms with van der Waals surface area (Å²) in [5.74, 6) is 0.666. The van der Waals surface area contributed by atoms with Gasteiger partial charge in [-0.1, -0.05) is 13.8 Å². The van der Waals surface area contributed by atoms with Crippen LogP contribution in [0.3, 0.4) is 0 Å². The van der Waals surface area contributed by atoms with Crippen molar-refractivity contribution in [3.63, 3.8) is 0 Å². The summed E-state index contributed by atoms with van der Waals surface area (Å²) in [4.78, 5) is 15.7. The molecule has 0 unspecified atom stereocenters. The number of hydrogen-bond donors (Lipinski definition) is 2. The lowest BCUT2D eigenvalue weighted by Gasteiger charge is -2.28. The average molecular weight is 374 g/mol. The number of aromatic nitrogens is 2. The molecular weight excluding hydrogens is 346 g/mol. The van der Waals surface area contributed by atoms with E-state index < -0.39 is 0 Å². The predicted molar refractivity (Wildman–Crippen MR) is 106 cm³/mol. The monoisotopic (exact) mass is 373 g/mol. The van der Waals surface area contributed by atoms with Gasteiger partial charge >= 0.3 is 6.03 Å². The van der Waals surface area contributed by atoms with E-state index in [-0.39, 0.29) is 6.03 Å². The summed E-state index contributed by atoms with van der Waals surface area (Å²) in [6.07, 6.45) is 2.03. The Kier molecular flexibility index (Phi) is 6.21. The van der Waals surface area contributed by atoms with E-state index >= 15 is 0 Å². The number of hydrogen-bond acceptors (Lipinski definition) is 4. The van der Waals surface area contributed by atoms with Gasteiger partial charge in [-0.3, -0.25) is 9.58 Å². The first-order valence-corrected chi connectivity index (χ1v) is 10.2. The molecule has 1 aromatic carbocycles. The Morgan fingerprint density at radius 3 is 2.73 bits per heavy atom. The molecule has 7 heteroatoms. The summed E-state index contributed by atoms with van der Waals surface area (Å²) >= 11 is 1.68. The minimum Gasteiger partial charge on any atom is -0.332 e. The second-order valence-electron chi connectivity index (χ2n) is 7.02. The first-order valence-electron chi connectivity index (χ1n) is 9.00. The lowest BCUT2D eigenvalue weighted by Crippen LogP contribution is -2.36. The van der Waals surface area contributed by atoms with E-state index in [2.05, 4.69) is 45.2 Å². The fourth-order valence-electron chi connectivity index (χ4n) is 3.16. The average Bonchev–Trinajstić information content (AvgIpc) is 3.02. The number of nitrogens with zero attached hydrogens (tertiary/aromatic N) is 3. The molecule has 2 aromatic rings. The molecule has 1 aliphatic rings. The summed E-state index contributed by atoms with van der Waals surface area (Å²) in [5, 5.41) is 10.3. The molecule has 0 atom stereocenters. The number of urea groups is 1.